The van der Waals surface area contributed by atoms with Gasteiger partial charge in [0.15, 0.2) is 5.75 Å². The van der Waals surface area contributed by atoms with Crippen LogP contribution in [0, 0.1) is 5.82 Å². The summed E-state index contributed by atoms with van der Waals surface area (Å²) in [5.74, 6) is 0.316. The predicted molar refractivity (Wildman–Crippen MR) is 79.8 cm³/mol. The van der Waals surface area contributed by atoms with E-state index in [0.717, 1.165) is 10.8 Å². The summed E-state index contributed by atoms with van der Waals surface area (Å²) in [6.45, 7) is 0. The highest BCUT2D eigenvalue weighted by Gasteiger charge is 2.10. The predicted octanol–water partition coefficient (Wildman–Crippen LogP) is 5.01. The molecule has 2 nitrogen and oxygen atoms in total. The van der Waals surface area contributed by atoms with Gasteiger partial charge < -0.3 is 10.5 Å². The van der Waals surface area contributed by atoms with E-state index >= 15 is 0 Å². The average molecular weight is 288 g/mol. The van der Waals surface area contributed by atoms with Gasteiger partial charge >= 0.3 is 0 Å². The first-order chi connectivity index (χ1) is 9.65. The quantitative estimate of drug-likeness (QED) is 0.673. The second-order valence-corrected chi connectivity index (χ2v) is 4.79. The lowest BCUT2D eigenvalue weighted by atomic mass is 10.1. The summed E-state index contributed by atoms with van der Waals surface area (Å²) < 4.78 is 19.2. The van der Waals surface area contributed by atoms with Gasteiger partial charge in [0, 0.05) is 11.5 Å². The molecule has 0 unspecified atom stereocenters. The van der Waals surface area contributed by atoms with Gasteiger partial charge in [0.2, 0.25) is 0 Å². The number of hydrogen-bond acceptors (Lipinski definition) is 2. The fourth-order valence-electron chi connectivity index (χ4n) is 2.04. The van der Waals surface area contributed by atoms with Crippen molar-refractivity contribution in [2.75, 3.05) is 5.73 Å². The third kappa shape index (κ3) is 2.28. The number of benzene rings is 3. The summed E-state index contributed by atoms with van der Waals surface area (Å²) in [6, 6.07) is 16.0. The van der Waals surface area contributed by atoms with E-state index in [2.05, 4.69) is 0 Å². The minimum absolute atomic E-state index is 0.0206. The van der Waals surface area contributed by atoms with Crippen molar-refractivity contribution in [1.29, 1.82) is 0 Å². The van der Waals surface area contributed by atoms with Gasteiger partial charge in [-0.15, -0.1) is 0 Å². The molecule has 0 aliphatic heterocycles. The van der Waals surface area contributed by atoms with Crippen molar-refractivity contribution >= 4 is 28.1 Å². The van der Waals surface area contributed by atoms with Crippen LogP contribution in [0.3, 0.4) is 0 Å². The maximum Gasteiger partial charge on any atom is 0.153 e. The van der Waals surface area contributed by atoms with Crippen LogP contribution in [0.4, 0.5) is 10.1 Å². The zero-order valence-electron chi connectivity index (χ0n) is 10.4. The van der Waals surface area contributed by atoms with Crippen molar-refractivity contribution in [3.8, 4) is 11.5 Å². The van der Waals surface area contributed by atoms with Gasteiger partial charge in [0.1, 0.15) is 11.6 Å². The molecule has 0 aliphatic rings. The molecule has 20 heavy (non-hydrogen) atoms. The Kier molecular flexibility index (Phi) is 3.20. The number of nitrogen functional groups attached to an aromatic ring is 1. The molecule has 0 saturated heterocycles. The second-order valence-electron chi connectivity index (χ2n) is 4.38. The highest BCUT2D eigenvalue weighted by Crippen LogP contribution is 2.35. The first-order valence-corrected chi connectivity index (χ1v) is 6.43. The van der Waals surface area contributed by atoms with Crippen molar-refractivity contribution in [2.24, 2.45) is 0 Å². The number of anilines is 1. The van der Waals surface area contributed by atoms with Crippen molar-refractivity contribution < 1.29 is 9.13 Å². The Balaban J connectivity index is 2.08. The van der Waals surface area contributed by atoms with Crippen LogP contribution in [-0.2, 0) is 0 Å². The van der Waals surface area contributed by atoms with Gasteiger partial charge in [0.25, 0.3) is 0 Å². The summed E-state index contributed by atoms with van der Waals surface area (Å²) in [5.41, 5.74) is 6.10. The molecule has 0 aliphatic carbocycles. The topological polar surface area (TPSA) is 35.2 Å². The molecular weight excluding hydrogens is 277 g/mol. The minimum Gasteiger partial charge on any atom is -0.454 e. The molecule has 0 atom stereocenters. The third-order valence-electron chi connectivity index (χ3n) is 3.02. The molecule has 4 heteroatoms. The Labute approximate surface area is 120 Å². The highest BCUT2D eigenvalue weighted by atomic mass is 35.5. The van der Waals surface area contributed by atoms with Crippen molar-refractivity contribution in [2.45, 2.75) is 0 Å². The summed E-state index contributed by atoms with van der Waals surface area (Å²) in [7, 11) is 0. The Morgan fingerprint density at radius 2 is 1.70 bits per heavy atom. The number of rotatable bonds is 2. The zero-order valence-corrected chi connectivity index (χ0v) is 11.2. The summed E-state index contributed by atoms with van der Waals surface area (Å²) in [5, 5.41) is 1.95. The third-order valence-corrected chi connectivity index (χ3v) is 3.31. The van der Waals surface area contributed by atoms with Crippen LogP contribution in [0.1, 0.15) is 0 Å². The standard InChI is InChI=1S/C16H11ClFNO/c17-12-8-14(19)16(9-13(12)18)20-15-7-3-5-10-4-1-2-6-11(10)15/h1-9H,19H2. The van der Waals surface area contributed by atoms with Crippen molar-refractivity contribution in [1.82, 2.24) is 0 Å². The number of halogens is 2. The maximum atomic E-state index is 13.5. The maximum absolute atomic E-state index is 13.5. The van der Waals surface area contributed by atoms with E-state index in [0.29, 0.717) is 11.4 Å². The zero-order chi connectivity index (χ0) is 14.1. The number of nitrogens with two attached hydrogens (primary N) is 1. The molecule has 0 saturated carbocycles. The lowest BCUT2D eigenvalue weighted by Crippen LogP contribution is -1.94. The Morgan fingerprint density at radius 1 is 0.950 bits per heavy atom. The van der Waals surface area contributed by atoms with Gasteiger partial charge in [0.05, 0.1) is 10.7 Å². The van der Waals surface area contributed by atoms with Crippen molar-refractivity contribution in [3.05, 3.63) is 65.4 Å². The van der Waals surface area contributed by atoms with E-state index in [1.165, 1.54) is 12.1 Å². The molecule has 100 valence electrons. The Bertz CT molecular complexity index is 783. The molecule has 3 rings (SSSR count). The monoisotopic (exact) mass is 287 g/mol. The summed E-state index contributed by atoms with van der Waals surface area (Å²) in [4.78, 5) is 0. The van der Waals surface area contributed by atoms with Gasteiger partial charge in [-0.25, -0.2) is 4.39 Å². The van der Waals surface area contributed by atoms with Gasteiger partial charge in [-0.3, -0.25) is 0 Å². The van der Waals surface area contributed by atoms with E-state index in [-0.39, 0.29) is 10.8 Å². The smallest absolute Gasteiger partial charge is 0.153 e. The van der Waals surface area contributed by atoms with Gasteiger partial charge in [-0.1, -0.05) is 48.0 Å². The Morgan fingerprint density at radius 3 is 2.55 bits per heavy atom. The fourth-order valence-corrected chi connectivity index (χ4v) is 2.21. The number of fused-ring (bicyclic) bond motifs is 1. The van der Waals surface area contributed by atoms with Crippen LogP contribution in [0.25, 0.3) is 10.8 Å². The van der Waals surface area contributed by atoms with E-state index in [4.69, 9.17) is 22.1 Å². The molecule has 0 spiro atoms. The highest BCUT2D eigenvalue weighted by molar-refractivity contribution is 6.31. The molecule has 0 fully saturated rings. The average Bonchev–Trinajstić information content (AvgIpc) is 2.45. The SMILES string of the molecule is Nc1cc(Cl)c(F)cc1Oc1cccc2ccccc12. The normalized spacial score (nSPS) is 10.7. The largest absolute Gasteiger partial charge is 0.454 e. The molecular formula is C16H11ClFNO. The molecule has 3 aromatic carbocycles. The molecule has 0 radical (unpaired) electrons. The first-order valence-electron chi connectivity index (χ1n) is 6.05. The van der Waals surface area contributed by atoms with Crippen molar-refractivity contribution in [3.63, 3.8) is 0 Å². The van der Waals surface area contributed by atoms with Crippen LogP contribution < -0.4 is 10.5 Å². The molecule has 3 aromatic rings. The summed E-state index contributed by atoms with van der Waals surface area (Å²) >= 11 is 5.67. The fraction of sp³-hybridized carbons (Fsp3) is 0. The van der Waals surface area contributed by atoms with E-state index in [9.17, 15) is 4.39 Å². The van der Waals surface area contributed by atoms with E-state index < -0.39 is 5.82 Å². The Hall–Kier alpha value is -2.26. The van der Waals surface area contributed by atoms with E-state index in [1.807, 2.05) is 42.5 Å². The van der Waals surface area contributed by atoms with Gasteiger partial charge in [-0.05, 0) is 17.5 Å². The lowest BCUT2D eigenvalue weighted by molar-refractivity contribution is 0.484. The number of hydrogen-bond donors (Lipinski definition) is 1. The number of ether oxygens (including phenoxy) is 1. The van der Waals surface area contributed by atoms with Crippen LogP contribution in [0.5, 0.6) is 11.5 Å². The van der Waals surface area contributed by atoms with Gasteiger partial charge in [-0.2, -0.15) is 0 Å². The van der Waals surface area contributed by atoms with Crippen LogP contribution in [-0.4, -0.2) is 0 Å². The first kappa shape index (κ1) is 12.8. The molecule has 2 N–H and O–H groups in total. The molecule has 0 heterocycles. The summed E-state index contributed by atoms with van der Waals surface area (Å²) in [6.07, 6.45) is 0. The second kappa shape index (κ2) is 5.02. The van der Waals surface area contributed by atoms with Crippen LogP contribution in [0.2, 0.25) is 5.02 Å². The van der Waals surface area contributed by atoms with E-state index in [1.54, 1.807) is 0 Å². The van der Waals surface area contributed by atoms with Crippen LogP contribution >= 0.6 is 11.6 Å². The molecule has 0 aromatic heterocycles. The molecule has 0 amide bonds. The minimum atomic E-state index is -0.559. The lowest BCUT2D eigenvalue weighted by Gasteiger charge is -2.11. The van der Waals surface area contributed by atoms with Crippen LogP contribution in [0.15, 0.2) is 54.6 Å². The molecule has 0 bridgehead atoms.